The zero-order valence-corrected chi connectivity index (χ0v) is 8.66. The molecule has 1 aliphatic heterocycles. The summed E-state index contributed by atoms with van der Waals surface area (Å²) >= 11 is 0. The Bertz CT molecular complexity index is 295. The summed E-state index contributed by atoms with van der Waals surface area (Å²) in [5.41, 5.74) is 2.52. The van der Waals surface area contributed by atoms with Gasteiger partial charge in [0, 0.05) is 12.4 Å². The minimum Gasteiger partial charge on any atom is -0.317 e. The molecule has 0 aromatic carbocycles. The van der Waals surface area contributed by atoms with Crippen LogP contribution in [0.5, 0.6) is 0 Å². The lowest BCUT2D eigenvalue weighted by Crippen LogP contribution is -2.31. The molecule has 2 nitrogen and oxygen atoms in total. The number of piperidine rings is 1. The second-order valence-electron chi connectivity index (χ2n) is 4.05. The number of aromatic nitrogens is 1. The van der Waals surface area contributed by atoms with Gasteiger partial charge in [-0.25, -0.2) is 0 Å². The number of nitrogens with one attached hydrogen (secondary N) is 1. The summed E-state index contributed by atoms with van der Waals surface area (Å²) < 4.78 is 0. The highest BCUT2D eigenvalue weighted by Gasteiger charge is 2.14. The van der Waals surface area contributed by atoms with E-state index in [2.05, 4.69) is 30.6 Å². The third kappa shape index (κ3) is 2.58. The van der Waals surface area contributed by atoms with Crippen LogP contribution >= 0.6 is 0 Å². The molecule has 1 saturated heterocycles. The first-order chi connectivity index (χ1) is 6.84. The molecule has 1 radical (unpaired) electrons. The number of hydrogen-bond acceptors (Lipinski definition) is 2. The van der Waals surface area contributed by atoms with Gasteiger partial charge in [0.05, 0.1) is 0 Å². The fourth-order valence-electron chi connectivity index (χ4n) is 1.95. The molecule has 14 heavy (non-hydrogen) atoms. The lowest BCUT2D eigenvalue weighted by Gasteiger charge is -2.21. The molecule has 0 atom stereocenters. The van der Waals surface area contributed by atoms with Gasteiger partial charge in [-0.3, -0.25) is 4.98 Å². The Hall–Kier alpha value is -0.825. The van der Waals surface area contributed by atoms with Gasteiger partial charge in [-0.1, -0.05) is 17.3 Å². The highest BCUT2D eigenvalue weighted by molar-refractivity contribution is 6.54. The summed E-state index contributed by atoms with van der Waals surface area (Å²) in [4.78, 5) is 4.20. The average Bonchev–Trinajstić information content (AvgIpc) is 2.19. The molecule has 3 heteroatoms. The molecule has 1 aromatic heterocycles. The molecule has 0 bridgehead atoms. The van der Waals surface area contributed by atoms with Crippen molar-refractivity contribution in [3.05, 3.63) is 24.0 Å². The molecular weight excluding hydrogens is 171 g/mol. The molecule has 1 aliphatic rings. The van der Waals surface area contributed by atoms with Gasteiger partial charge < -0.3 is 5.32 Å². The van der Waals surface area contributed by atoms with Crippen LogP contribution in [-0.2, 0) is 0 Å². The van der Waals surface area contributed by atoms with Gasteiger partial charge in [0.15, 0.2) is 7.28 Å². The molecular formula is C11H16BN2. The molecule has 0 unspecified atom stereocenters. The van der Waals surface area contributed by atoms with Crippen LogP contribution in [0.3, 0.4) is 0 Å². The van der Waals surface area contributed by atoms with Crippen molar-refractivity contribution in [3.63, 3.8) is 0 Å². The Morgan fingerprint density at radius 3 is 2.86 bits per heavy atom. The molecule has 2 rings (SSSR count). The molecule has 2 heterocycles. The van der Waals surface area contributed by atoms with E-state index in [4.69, 9.17) is 0 Å². The Labute approximate surface area is 86.4 Å². The van der Waals surface area contributed by atoms with E-state index in [1.165, 1.54) is 23.9 Å². The first-order valence-electron chi connectivity index (χ1n) is 5.32. The van der Waals surface area contributed by atoms with Crippen molar-refractivity contribution in [1.82, 2.24) is 10.3 Å². The zero-order chi connectivity index (χ0) is 9.80. The summed E-state index contributed by atoms with van der Waals surface area (Å²) in [6.07, 6.45) is 6.37. The van der Waals surface area contributed by atoms with Gasteiger partial charge >= 0.3 is 0 Å². The molecule has 73 valence electrons. The van der Waals surface area contributed by atoms with E-state index in [0.717, 1.165) is 18.9 Å². The number of pyridine rings is 1. The van der Waals surface area contributed by atoms with E-state index < -0.39 is 0 Å². The molecule has 1 N–H and O–H groups in total. The van der Waals surface area contributed by atoms with E-state index in [9.17, 15) is 0 Å². The smallest absolute Gasteiger partial charge is 0.157 e. The number of rotatable bonds is 2. The lowest BCUT2D eigenvalue weighted by atomic mass is 9.56. The lowest BCUT2D eigenvalue weighted by molar-refractivity contribution is 0.518. The van der Waals surface area contributed by atoms with E-state index in [1.54, 1.807) is 0 Å². The summed E-state index contributed by atoms with van der Waals surface area (Å²) in [6, 6.07) is 2.20. The van der Waals surface area contributed by atoms with Crippen LogP contribution in [0.25, 0.3) is 0 Å². The van der Waals surface area contributed by atoms with Crippen LogP contribution in [0.1, 0.15) is 18.4 Å². The minimum atomic E-state index is 0.736. The van der Waals surface area contributed by atoms with Crippen molar-refractivity contribution in [2.24, 2.45) is 0 Å². The van der Waals surface area contributed by atoms with Crippen LogP contribution in [0.15, 0.2) is 18.5 Å². The predicted molar refractivity (Wildman–Crippen MR) is 60.2 cm³/mol. The second kappa shape index (κ2) is 4.60. The third-order valence-electron chi connectivity index (χ3n) is 2.71. The van der Waals surface area contributed by atoms with Crippen molar-refractivity contribution < 1.29 is 0 Å². The average molecular weight is 187 g/mol. The summed E-state index contributed by atoms with van der Waals surface area (Å²) in [6.45, 7) is 4.40. The second-order valence-corrected chi connectivity index (χ2v) is 4.05. The summed E-state index contributed by atoms with van der Waals surface area (Å²) in [7, 11) is 2.36. The summed E-state index contributed by atoms with van der Waals surface area (Å²) in [5.74, 6) is 0.736. The summed E-state index contributed by atoms with van der Waals surface area (Å²) in [5, 5.41) is 3.38. The fourth-order valence-corrected chi connectivity index (χ4v) is 1.95. The van der Waals surface area contributed by atoms with Crippen LogP contribution in [-0.4, -0.2) is 25.4 Å². The van der Waals surface area contributed by atoms with Gasteiger partial charge in [0.1, 0.15) is 0 Å². The molecule has 0 aliphatic carbocycles. The normalized spacial score (nSPS) is 18.1. The zero-order valence-electron chi connectivity index (χ0n) is 8.66. The van der Waals surface area contributed by atoms with Gasteiger partial charge in [-0.15, -0.1) is 0 Å². The van der Waals surface area contributed by atoms with Gasteiger partial charge in [0.2, 0.25) is 0 Å². The van der Waals surface area contributed by atoms with Crippen molar-refractivity contribution >= 4 is 12.7 Å². The third-order valence-corrected chi connectivity index (χ3v) is 2.71. The Morgan fingerprint density at radius 1 is 1.36 bits per heavy atom. The predicted octanol–water partition coefficient (Wildman–Crippen LogP) is 0.891. The van der Waals surface area contributed by atoms with Gasteiger partial charge in [-0.2, -0.15) is 0 Å². The van der Waals surface area contributed by atoms with Gasteiger partial charge in [0.25, 0.3) is 0 Å². The van der Waals surface area contributed by atoms with Crippen LogP contribution < -0.4 is 10.8 Å². The molecule has 0 amide bonds. The van der Waals surface area contributed by atoms with Crippen LogP contribution in [0.4, 0.5) is 0 Å². The SMILES string of the molecule is Cc1cncc([B]C2CCNCC2)c1. The van der Waals surface area contributed by atoms with Gasteiger partial charge in [-0.05, 0) is 38.4 Å². The number of aryl methyl sites for hydroxylation is 1. The standard InChI is InChI=1S/C11H16BN2/c1-9-6-11(8-14-7-9)12-10-2-4-13-5-3-10/h6-8,10,13H,2-5H2,1H3. The Balaban J connectivity index is 1.95. The Morgan fingerprint density at radius 2 is 2.14 bits per heavy atom. The highest BCUT2D eigenvalue weighted by Crippen LogP contribution is 2.16. The van der Waals surface area contributed by atoms with E-state index in [1.807, 2.05) is 12.4 Å². The van der Waals surface area contributed by atoms with E-state index >= 15 is 0 Å². The van der Waals surface area contributed by atoms with E-state index in [-0.39, 0.29) is 0 Å². The first kappa shape index (κ1) is 9.72. The molecule has 0 spiro atoms. The molecule has 1 fully saturated rings. The quantitative estimate of drug-likeness (QED) is 0.695. The molecule has 0 saturated carbocycles. The fraction of sp³-hybridized carbons (Fsp3) is 0.545. The van der Waals surface area contributed by atoms with Crippen LogP contribution in [0.2, 0.25) is 5.82 Å². The maximum Gasteiger partial charge on any atom is 0.157 e. The van der Waals surface area contributed by atoms with Crippen molar-refractivity contribution in [3.8, 4) is 0 Å². The van der Waals surface area contributed by atoms with Crippen molar-refractivity contribution in [1.29, 1.82) is 0 Å². The molecule has 1 aromatic rings. The maximum absolute atomic E-state index is 4.20. The van der Waals surface area contributed by atoms with E-state index in [0.29, 0.717) is 0 Å². The number of hydrogen-bond donors (Lipinski definition) is 1. The number of nitrogens with zero attached hydrogens (tertiary/aromatic N) is 1. The minimum absolute atomic E-state index is 0.736. The Kier molecular flexibility index (Phi) is 3.20. The van der Waals surface area contributed by atoms with Crippen LogP contribution in [0, 0.1) is 6.92 Å². The van der Waals surface area contributed by atoms with Crippen molar-refractivity contribution in [2.75, 3.05) is 13.1 Å². The first-order valence-corrected chi connectivity index (χ1v) is 5.32. The monoisotopic (exact) mass is 187 g/mol. The van der Waals surface area contributed by atoms with Crippen molar-refractivity contribution in [2.45, 2.75) is 25.6 Å². The maximum atomic E-state index is 4.20. The topological polar surface area (TPSA) is 24.9 Å². The highest BCUT2D eigenvalue weighted by atomic mass is 14.9. The largest absolute Gasteiger partial charge is 0.317 e.